The number of esters is 1. The van der Waals surface area contributed by atoms with Crippen molar-refractivity contribution in [2.45, 2.75) is 44.5 Å². The monoisotopic (exact) mass is 264 g/mol. The van der Waals surface area contributed by atoms with Crippen LogP contribution in [0.15, 0.2) is 24.3 Å². The van der Waals surface area contributed by atoms with Crippen LogP contribution in [0.5, 0.6) is 0 Å². The highest BCUT2D eigenvalue weighted by Gasteiger charge is 2.59. The Bertz CT molecular complexity index is 469. The molecule has 0 bridgehead atoms. The van der Waals surface area contributed by atoms with Gasteiger partial charge in [0, 0.05) is 29.2 Å². The smallest absolute Gasteiger partial charge is 0.334 e. The van der Waals surface area contributed by atoms with Crippen LogP contribution in [0, 0.1) is 17.3 Å². The molecule has 1 saturated heterocycles. The first kappa shape index (κ1) is 12.9. The second-order valence-electron chi connectivity index (χ2n) is 6.37. The van der Waals surface area contributed by atoms with Gasteiger partial charge in [0.15, 0.2) is 0 Å². The first-order chi connectivity index (χ1) is 8.86. The number of fused-ring (bicyclic) bond motifs is 3. The Balaban J connectivity index is 2.02. The van der Waals surface area contributed by atoms with Gasteiger partial charge in [-0.05, 0) is 18.4 Å². The molecule has 3 rings (SSSR count). The summed E-state index contributed by atoms with van der Waals surface area (Å²) in [6.07, 6.45) is 0.268. The number of carbonyl (C=O) groups is 1. The van der Waals surface area contributed by atoms with Gasteiger partial charge in [0.25, 0.3) is 0 Å². The lowest BCUT2D eigenvalue weighted by molar-refractivity contribution is -0.155. The van der Waals surface area contributed by atoms with Gasteiger partial charge in [0.1, 0.15) is 6.10 Å². The van der Waals surface area contributed by atoms with Crippen LogP contribution in [-0.2, 0) is 9.53 Å². The van der Waals surface area contributed by atoms with Gasteiger partial charge in [-0.2, -0.15) is 0 Å². The van der Waals surface area contributed by atoms with Gasteiger partial charge < -0.3 is 14.9 Å². The minimum atomic E-state index is -0.723. The van der Waals surface area contributed by atoms with E-state index >= 15 is 0 Å². The maximum Gasteiger partial charge on any atom is 0.334 e. The zero-order valence-electron chi connectivity index (χ0n) is 11.1. The van der Waals surface area contributed by atoms with Crippen molar-refractivity contribution < 1.29 is 19.7 Å². The lowest BCUT2D eigenvalue weighted by atomic mass is 9.53. The third-order valence-electron chi connectivity index (χ3n) is 5.42. The fraction of sp³-hybridized carbons (Fsp3) is 0.667. The third-order valence-corrected chi connectivity index (χ3v) is 5.42. The van der Waals surface area contributed by atoms with Crippen molar-refractivity contribution >= 4 is 5.97 Å². The summed E-state index contributed by atoms with van der Waals surface area (Å²) < 4.78 is 5.46. The molecule has 2 N–H and O–H groups in total. The fourth-order valence-corrected chi connectivity index (χ4v) is 4.11. The Kier molecular flexibility index (Phi) is 2.67. The van der Waals surface area contributed by atoms with E-state index < -0.39 is 12.2 Å². The summed E-state index contributed by atoms with van der Waals surface area (Å²) in [5.74, 6) is -0.533. The number of aliphatic hydroxyl groups excluding tert-OH is 2. The summed E-state index contributed by atoms with van der Waals surface area (Å²) in [4.78, 5) is 11.7. The highest BCUT2D eigenvalue weighted by Crippen LogP contribution is 2.57. The van der Waals surface area contributed by atoms with Crippen LogP contribution in [0.1, 0.15) is 26.2 Å². The predicted molar refractivity (Wildman–Crippen MR) is 69.1 cm³/mol. The third kappa shape index (κ3) is 1.56. The number of hydrogen-bond acceptors (Lipinski definition) is 4. The van der Waals surface area contributed by atoms with Gasteiger partial charge in [-0.25, -0.2) is 4.79 Å². The van der Waals surface area contributed by atoms with Crippen molar-refractivity contribution in [3.63, 3.8) is 0 Å². The van der Waals surface area contributed by atoms with E-state index in [1.165, 1.54) is 0 Å². The molecule has 6 unspecified atom stereocenters. The van der Waals surface area contributed by atoms with Crippen molar-refractivity contribution in [1.29, 1.82) is 0 Å². The van der Waals surface area contributed by atoms with Crippen LogP contribution < -0.4 is 0 Å². The van der Waals surface area contributed by atoms with Crippen molar-refractivity contribution in [2.24, 2.45) is 17.3 Å². The lowest BCUT2D eigenvalue weighted by Gasteiger charge is -2.53. The highest BCUT2D eigenvalue weighted by molar-refractivity contribution is 5.91. The van der Waals surface area contributed by atoms with Crippen molar-refractivity contribution in [2.75, 3.05) is 0 Å². The fourth-order valence-electron chi connectivity index (χ4n) is 4.11. The minimum Gasteiger partial charge on any atom is -0.458 e. The molecule has 0 aromatic carbocycles. The Labute approximate surface area is 112 Å². The van der Waals surface area contributed by atoms with Crippen LogP contribution in [0.25, 0.3) is 0 Å². The first-order valence-corrected chi connectivity index (χ1v) is 6.81. The molecular weight excluding hydrogens is 244 g/mol. The molecule has 3 aliphatic rings. The van der Waals surface area contributed by atoms with Crippen LogP contribution in [0.2, 0.25) is 0 Å². The van der Waals surface area contributed by atoms with E-state index in [-0.39, 0.29) is 29.3 Å². The van der Waals surface area contributed by atoms with Gasteiger partial charge in [0.05, 0.1) is 12.2 Å². The quantitative estimate of drug-likeness (QED) is 0.392. The van der Waals surface area contributed by atoms with Gasteiger partial charge in [-0.15, -0.1) is 0 Å². The lowest BCUT2D eigenvalue weighted by Crippen LogP contribution is -2.56. The van der Waals surface area contributed by atoms with Gasteiger partial charge in [-0.1, -0.05) is 20.1 Å². The second-order valence-corrected chi connectivity index (χ2v) is 6.37. The molecule has 0 amide bonds. The molecule has 3 fully saturated rings. The summed E-state index contributed by atoms with van der Waals surface area (Å²) in [6.45, 7) is 9.81. The van der Waals surface area contributed by atoms with Gasteiger partial charge in [0.2, 0.25) is 0 Å². The predicted octanol–water partition coefficient (Wildman–Crippen LogP) is 1.18. The molecule has 0 aromatic rings. The summed E-state index contributed by atoms with van der Waals surface area (Å²) in [7, 11) is 0. The average molecular weight is 264 g/mol. The Morgan fingerprint density at radius 2 is 2.05 bits per heavy atom. The largest absolute Gasteiger partial charge is 0.458 e. The number of rotatable bonds is 0. The van der Waals surface area contributed by atoms with Crippen molar-refractivity contribution in [1.82, 2.24) is 0 Å². The van der Waals surface area contributed by atoms with E-state index in [0.717, 1.165) is 12.8 Å². The summed E-state index contributed by atoms with van der Waals surface area (Å²) >= 11 is 0. The van der Waals surface area contributed by atoms with Gasteiger partial charge in [-0.3, -0.25) is 0 Å². The molecule has 0 radical (unpaired) electrons. The van der Waals surface area contributed by atoms with E-state index in [4.69, 9.17) is 4.74 Å². The summed E-state index contributed by atoms with van der Waals surface area (Å²) in [5.41, 5.74) is 0.835. The standard InChI is InChI=1S/C15H20O4/c1-7-9-4-5-15(3)11(17)6-10(16)8(2)12(15)13(9)19-14(7)18/h9-13,16-17H,1-2,4-6H2,3H3. The minimum absolute atomic E-state index is 0.000162. The molecular formula is C15H20O4. The van der Waals surface area contributed by atoms with Crippen LogP contribution in [-0.4, -0.2) is 34.5 Å². The zero-order chi connectivity index (χ0) is 13.9. The van der Waals surface area contributed by atoms with E-state index in [2.05, 4.69) is 13.2 Å². The van der Waals surface area contributed by atoms with Crippen LogP contribution in [0.3, 0.4) is 0 Å². The molecule has 6 atom stereocenters. The Hall–Kier alpha value is -1.13. The van der Waals surface area contributed by atoms with E-state index in [9.17, 15) is 15.0 Å². The Morgan fingerprint density at radius 1 is 1.37 bits per heavy atom. The molecule has 1 aliphatic heterocycles. The number of hydrogen-bond donors (Lipinski definition) is 2. The topological polar surface area (TPSA) is 66.8 Å². The summed E-state index contributed by atoms with van der Waals surface area (Å²) in [6, 6.07) is 0. The first-order valence-electron chi connectivity index (χ1n) is 6.81. The SMILES string of the molecule is C=C1C(=O)OC2C1CCC1(C)C(O)CC(O)C(=C)C21. The maximum absolute atomic E-state index is 11.7. The highest BCUT2D eigenvalue weighted by atomic mass is 16.6. The normalized spacial score (nSPS) is 49.6. The number of ether oxygens (including phenoxy) is 1. The van der Waals surface area contributed by atoms with Crippen LogP contribution in [0.4, 0.5) is 0 Å². The molecule has 0 spiro atoms. The molecule has 2 aliphatic carbocycles. The average Bonchev–Trinajstić information content (AvgIpc) is 2.63. The molecule has 4 heteroatoms. The van der Waals surface area contributed by atoms with E-state index in [1.807, 2.05) is 6.92 Å². The number of aliphatic hydroxyl groups is 2. The molecule has 2 saturated carbocycles. The van der Waals surface area contributed by atoms with E-state index in [0.29, 0.717) is 17.6 Å². The molecule has 104 valence electrons. The molecule has 4 nitrogen and oxygen atoms in total. The van der Waals surface area contributed by atoms with Crippen molar-refractivity contribution in [3.05, 3.63) is 24.3 Å². The number of carbonyl (C=O) groups excluding carboxylic acids is 1. The van der Waals surface area contributed by atoms with E-state index in [1.54, 1.807) is 0 Å². The van der Waals surface area contributed by atoms with Gasteiger partial charge >= 0.3 is 5.97 Å². The molecule has 0 aromatic heterocycles. The Morgan fingerprint density at radius 3 is 2.74 bits per heavy atom. The maximum atomic E-state index is 11.7. The van der Waals surface area contributed by atoms with Crippen LogP contribution >= 0.6 is 0 Å². The summed E-state index contributed by atoms with van der Waals surface area (Å²) in [5, 5.41) is 20.4. The zero-order valence-corrected chi connectivity index (χ0v) is 11.1. The second kappa shape index (κ2) is 3.93. The molecule has 19 heavy (non-hydrogen) atoms. The molecule has 1 heterocycles. The van der Waals surface area contributed by atoms with Crippen molar-refractivity contribution in [3.8, 4) is 0 Å².